The Bertz CT molecular complexity index is 2810. The van der Waals surface area contributed by atoms with Crippen molar-refractivity contribution in [3.8, 4) is 45.0 Å². The smallest absolute Gasteiger partial charge is 0.0892 e. The van der Waals surface area contributed by atoms with E-state index in [1.54, 1.807) is 0 Å². The Morgan fingerprint density at radius 2 is 0.720 bits per heavy atom. The van der Waals surface area contributed by atoms with E-state index in [0.717, 1.165) is 45.0 Å². The average molecular weight is 639 g/mol. The van der Waals surface area contributed by atoms with Crippen LogP contribution in [0.2, 0.25) is 0 Å². The molecule has 0 aliphatic rings. The van der Waals surface area contributed by atoms with Crippen molar-refractivity contribution in [3.63, 3.8) is 0 Å². The molecule has 0 aliphatic carbocycles. The van der Waals surface area contributed by atoms with E-state index in [0.29, 0.717) is 0 Å². The summed E-state index contributed by atoms with van der Waals surface area (Å²) in [5, 5.41) is 5.01. The first-order valence-electron chi connectivity index (χ1n) is 16.9. The van der Waals surface area contributed by atoms with Gasteiger partial charge in [-0.1, -0.05) is 97.1 Å². The zero-order valence-electron chi connectivity index (χ0n) is 27.1. The van der Waals surface area contributed by atoms with Crippen molar-refractivity contribution < 1.29 is 0 Å². The average Bonchev–Trinajstić information content (AvgIpc) is 3.71. The van der Waals surface area contributed by atoms with Gasteiger partial charge in [0, 0.05) is 45.3 Å². The van der Waals surface area contributed by atoms with Gasteiger partial charge in [0.05, 0.1) is 33.5 Å². The van der Waals surface area contributed by atoms with Gasteiger partial charge in [0.2, 0.25) is 0 Å². The van der Waals surface area contributed by atoms with Crippen LogP contribution in [0.3, 0.4) is 0 Å². The molecule has 0 bridgehead atoms. The molecular formula is C46H30N4. The van der Waals surface area contributed by atoms with Crippen molar-refractivity contribution in [1.82, 2.24) is 19.1 Å². The van der Waals surface area contributed by atoms with Gasteiger partial charge in [-0.25, -0.2) is 0 Å². The largest absolute Gasteiger partial charge is 0.309 e. The first kappa shape index (κ1) is 28.3. The number of hydrogen-bond acceptors (Lipinski definition) is 2. The maximum Gasteiger partial charge on any atom is 0.0892 e. The SMILES string of the molecule is c1ccc(-n2c3ccccc3c3ccc(-c4ccnc(-c5cc(-c6ccc(-n7c8ccccc8c8ccccc87)cc6)ccn5)c4)cc32)cc1. The molecule has 10 rings (SSSR count). The van der Waals surface area contributed by atoms with Gasteiger partial charge in [-0.3, -0.25) is 9.97 Å². The second kappa shape index (κ2) is 11.4. The predicted molar refractivity (Wildman–Crippen MR) is 207 cm³/mol. The summed E-state index contributed by atoms with van der Waals surface area (Å²) < 4.78 is 4.70. The molecular weight excluding hydrogens is 609 g/mol. The van der Waals surface area contributed by atoms with Gasteiger partial charge in [0.1, 0.15) is 0 Å². The van der Waals surface area contributed by atoms with Crippen molar-refractivity contribution in [2.75, 3.05) is 0 Å². The highest BCUT2D eigenvalue weighted by Gasteiger charge is 2.15. The number of hydrogen-bond donors (Lipinski definition) is 0. The minimum absolute atomic E-state index is 0.843. The molecule has 0 unspecified atom stereocenters. The van der Waals surface area contributed by atoms with Crippen molar-refractivity contribution in [2.24, 2.45) is 0 Å². The van der Waals surface area contributed by atoms with E-state index in [4.69, 9.17) is 9.97 Å². The molecule has 0 saturated carbocycles. The van der Waals surface area contributed by atoms with Crippen molar-refractivity contribution >= 4 is 43.6 Å². The standard InChI is InChI=1S/C46H30N4/c1-2-10-35(11-3-1)50-45-17-9-6-14-39(45)40-23-20-32(30-46(40)50)34-25-27-48-42(29-34)41-28-33(24-26-47-41)31-18-21-36(22-19-31)49-43-15-7-4-12-37(43)38-13-5-8-16-44(38)49/h1-30H. The lowest BCUT2D eigenvalue weighted by Crippen LogP contribution is -1.94. The first-order valence-corrected chi connectivity index (χ1v) is 16.9. The van der Waals surface area contributed by atoms with E-state index in [2.05, 4.69) is 179 Å². The Kier molecular flexibility index (Phi) is 6.46. The molecule has 50 heavy (non-hydrogen) atoms. The van der Waals surface area contributed by atoms with Crippen LogP contribution in [-0.2, 0) is 0 Å². The first-order chi connectivity index (χ1) is 24.8. The Labute approximate surface area is 289 Å². The number of fused-ring (bicyclic) bond motifs is 6. The number of aromatic nitrogens is 4. The predicted octanol–water partition coefficient (Wildman–Crippen LogP) is 11.7. The van der Waals surface area contributed by atoms with E-state index in [9.17, 15) is 0 Å². The third-order valence-corrected chi connectivity index (χ3v) is 9.84. The molecule has 4 heterocycles. The molecule has 234 valence electrons. The Hall–Kier alpha value is -6.78. The lowest BCUT2D eigenvalue weighted by molar-refractivity contribution is 1.18. The van der Waals surface area contributed by atoms with Gasteiger partial charge < -0.3 is 9.13 Å². The van der Waals surface area contributed by atoms with E-state index in [1.165, 1.54) is 43.6 Å². The minimum Gasteiger partial charge on any atom is -0.309 e. The minimum atomic E-state index is 0.843. The quantitative estimate of drug-likeness (QED) is 0.188. The van der Waals surface area contributed by atoms with Gasteiger partial charge in [-0.05, 0) is 95.1 Å². The maximum absolute atomic E-state index is 4.77. The molecule has 0 atom stereocenters. The second-order valence-corrected chi connectivity index (χ2v) is 12.7. The van der Waals surface area contributed by atoms with Crippen molar-refractivity contribution in [2.45, 2.75) is 0 Å². The normalized spacial score (nSPS) is 11.6. The fourth-order valence-corrected chi connectivity index (χ4v) is 7.51. The maximum atomic E-state index is 4.77. The number of nitrogens with zero attached hydrogens (tertiary/aromatic N) is 4. The van der Waals surface area contributed by atoms with Gasteiger partial charge in [0.15, 0.2) is 0 Å². The third kappa shape index (κ3) is 4.54. The van der Waals surface area contributed by atoms with E-state index >= 15 is 0 Å². The summed E-state index contributed by atoms with van der Waals surface area (Å²) in [6.45, 7) is 0. The molecule has 4 nitrogen and oxygen atoms in total. The lowest BCUT2D eigenvalue weighted by atomic mass is 10.0. The van der Waals surface area contributed by atoms with Crippen molar-refractivity contribution in [1.29, 1.82) is 0 Å². The zero-order chi connectivity index (χ0) is 33.0. The van der Waals surface area contributed by atoms with Gasteiger partial charge in [-0.15, -0.1) is 0 Å². The summed E-state index contributed by atoms with van der Waals surface area (Å²) in [7, 11) is 0. The van der Waals surface area contributed by atoms with Crippen molar-refractivity contribution in [3.05, 3.63) is 182 Å². The Balaban J connectivity index is 1.01. The molecule has 4 heteroatoms. The molecule has 4 aromatic heterocycles. The topological polar surface area (TPSA) is 35.6 Å². The molecule has 0 N–H and O–H groups in total. The highest BCUT2D eigenvalue weighted by atomic mass is 15.0. The van der Waals surface area contributed by atoms with Crippen LogP contribution in [0.25, 0.3) is 88.6 Å². The van der Waals surface area contributed by atoms with Crippen LogP contribution in [0.1, 0.15) is 0 Å². The molecule has 10 aromatic rings. The number of rotatable bonds is 5. The Morgan fingerprint density at radius 1 is 0.300 bits per heavy atom. The molecule has 0 amide bonds. The number of benzene rings is 6. The van der Waals surface area contributed by atoms with Crippen LogP contribution in [0, 0.1) is 0 Å². The fraction of sp³-hybridized carbons (Fsp3) is 0. The molecule has 0 radical (unpaired) electrons. The zero-order valence-corrected chi connectivity index (χ0v) is 27.1. The van der Waals surface area contributed by atoms with Gasteiger partial charge in [-0.2, -0.15) is 0 Å². The third-order valence-electron chi connectivity index (χ3n) is 9.84. The second-order valence-electron chi connectivity index (χ2n) is 12.7. The molecule has 0 saturated heterocycles. The van der Waals surface area contributed by atoms with Crippen LogP contribution in [-0.4, -0.2) is 19.1 Å². The number of pyridine rings is 2. The highest BCUT2D eigenvalue weighted by molar-refractivity contribution is 6.11. The Morgan fingerprint density at radius 3 is 1.30 bits per heavy atom. The van der Waals surface area contributed by atoms with Gasteiger partial charge in [0.25, 0.3) is 0 Å². The van der Waals surface area contributed by atoms with Gasteiger partial charge >= 0.3 is 0 Å². The summed E-state index contributed by atoms with van der Waals surface area (Å²) in [5.74, 6) is 0. The highest BCUT2D eigenvalue weighted by Crippen LogP contribution is 2.36. The van der Waals surface area contributed by atoms with Crippen LogP contribution in [0.5, 0.6) is 0 Å². The van der Waals surface area contributed by atoms with Crippen LogP contribution in [0.4, 0.5) is 0 Å². The summed E-state index contributed by atoms with van der Waals surface area (Å²) in [6, 6.07) is 60.4. The van der Waals surface area contributed by atoms with E-state index in [-0.39, 0.29) is 0 Å². The molecule has 6 aromatic carbocycles. The fourth-order valence-electron chi connectivity index (χ4n) is 7.51. The summed E-state index contributed by atoms with van der Waals surface area (Å²) in [6.07, 6.45) is 3.76. The van der Waals surface area contributed by atoms with Crippen LogP contribution >= 0.6 is 0 Å². The summed E-state index contributed by atoms with van der Waals surface area (Å²) >= 11 is 0. The summed E-state index contributed by atoms with van der Waals surface area (Å²) in [5.41, 5.74) is 13.2. The monoisotopic (exact) mass is 638 g/mol. The van der Waals surface area contributed by atoms with E-state index in [1.807, 2.05) is 12.4 Å². The molecule has 0 aliphatic heterocycles. The molecule has 0 spiro atoms. The van der Waals surface area contributed by atoms with E-state index < -0.39 is 0 Å². The molecule has 0 fully saturated rings. The van der Waals surface area contributed by atoms with Crippen LogP contribution < -0.4 is 0 Å². The number of para-hydroxylation sites is 4. The lowest BCUT2D eigenvalue weighted by Gasteiger charge is -2.11. The van der Waals surface area contributed by atoms with Crippen LogP contribution in [0.15, 0.2) is 182 Å². The summed E-state index contributed by atoms with van der Waals surface area (Å²) in [4.78, 5) is 9.53.